The van der Waals surface area contributed by atoms with Crippen molar-refractivity contribution >= 4 is 43.2 Å². The summed E-state index contributed by atoms with van der Waals surface area (Å²) in [5.41, 5.74) is -0.471. The average molecular weight is 541 g/mol. The summed E-state index contributed by atoms with van der Waals surface area (Å²) in [5, 5.41) is 5.41. The van der Waals surface area contributed by atoms with Gasteiger partial charge in [-0.05, 0) is 40.2 Å². The highest BCUT2D eigenvalue weighted by atomic mass is 79.9. The van der Waals surface area contributed by atoms with E-state index in [-0.39, 0.29) is 59.7 Å². The largest absolute Gasteiger partial charge is 0.436 e. The number of hydrogen-bond acceptors (Lipinski definition) is 5. The predicted octanol–water partition coefficient (Wildman–Crippen LogP) is 3.53. The zero-order valence-corrected chi connectivity index (χ0v) is 19.5. The molecular formula is C18H20BrF3N4O3S2. The molecule has 31 heavy (non-hydrogen) atoms. The second kappa shape index (κ2) is 8.49. The van der Waals surface area contributed by atoms with Crippen LogP contribution in [0.5, 0.6) is 0 Å². The van der Waals surface area contributed by atoms with Crippen molar-refractivity contribution < 1.29 is 26.4 Å². The van der Waals surface area contributed by atoms with Gasteiger partial charge in [0.25, 0.3) is 10.0 Å². The molecule has 2 fully saturated rings. The molecule has 0 bridgehead atoms. The minimum atomic E-state index is -4.57. The number of rotatable bonds is 6. The maximum Gasteiger partial charge on any atom is 0.436 e. The van der Waals surface area contributed by atoms with Crippen molar-refractivity contribution in [3.05, 3.63) is 33.4 Å². The van der Waals surface area contributed by atoms with Crippen molar-refractivity contribution in [1.82, 2.24) is 19.0 Å². The summed E-state index contributed by atoms with van der Waals surface area (Å²) in [7, 11) is -3.56. The summed E-state index contributed by atoms with van der Waals surface area (Å²) in [6.07, 6.45) is -2.96. The molecule has 0 unspecified atom stereocenters. The summed E-state index contributed by atoms with van der Waals surface area (Å²) in [6, 6.07) is 3.22. The van der Waals surface area contributed by atoms with E-state index in [1.807, 2.05) is 0 Å². The lowest BCUT2D eigenvalue weighted by Crippen LogP contribution is -2.50. The molecule has 2 aliphatic rings. The highest BCUT2D eigenvalue weighted by molar-refractivity contribution is 9.10. The van der Waals surface area contributed by atoms with E-state index in [1.165, 1.54) is 8.99 Å². The molecule has 0 radical (unpaired) electrons. The fourth-order valence-electron chi connectivity index (χ4n) is 3.63. The third-order valence-corrected chi connectivity index (χ3v) is 9.44. The SMILES string of the molecule is O=C(CCn1nc(C(F)(F)F)c(Br)c1C1CC1)N1CCN(S(=O)(=O)c2cccs2)CC1. The summed E-state index contributed by atoms with van der Waals surface area (Å²) >= 11 is 4.19. The van der Waals surface area contributed by atoms with Gasteiger partial charge in [-0.1, -0.05) is 6.07 Å². The fraction of sp³-hybridized carbons (Fsp3) is 0.556. The molecule has 2 aromatic rings. The lowest BCUT2D eigenvalue weighted by atomic mass is 10.2. The predicted molar refractivity (Wildman–Crippen MR) is 111 cm³/mol. The van der Waals surface area contributed by atoms with Crippen LogP contribution in [0.15, 0.2) is 26.2 Å². The molecular weight excluding hydrogens is 521 g/mol. The summed E-state index contributed by atoms with van der Waals surface area (Å²) in [5.74, 6) is -0.200. The van der Waals surface area contributed by atoms with Crippen molar-refractivity contribution in [2.24, 2.45) is 0 Å². The molecule has 7 nitrogen and oxygen atoms in total. The molecule has 1 saturated carbocycles. The van der Waals surface area contributed by atoms with E-state index >= 15 is 0 Å². The second-order valence-electron chi connectivity index (χ2n) is 7.51. The number of sulfonamides is 1. The van der Waals surface area contributed by atoms with Gasteiger partial charge in [0.1, 0.15) is 4.21 Å². The number of carbonyl (C=O) groups is 1. The Morgan fingerprint density at radius 1 is 1.23 bits per heavy atom. The molecule has 1 aliphatic carbocycles. The van der Waals surface area contributed by atoms with Gasteiger partial charge in [-0.15, -0.1) is 11.3 Å². The zero-order valence-electron chi connectivity index (χ0n) is 16.3. The van der Waals surface area contributed by atoms with Crippen molar-refractivity contribution in [2.75, 3.05) is 26.2 Å². The van der Waals surface area contributed by atoms with Crippen molar-refractivity contribution in [2.45, 2.75) is 42.1 Å². The smallest absolute Gasteiger partial charge is 0.340 e. The number of nitrogens with zero attached hydrogens (tertiary/aromatic N) is 4. The van der Waals surface area contributed by atoms with Crippen LogP contribution in [0.2, 0.25) is 0 Å². The molecule has 1 amide bonds. The van der Waals surface area contributed by atoms with Gasteiger partial charge in [0.05, 0.1) is 16.7 Å². The quantitative estimate of drug-likeness (QED) is 0.561. The first-order valence-corrected chi connectivity index (χ1v) is 12.8. The first-order chi connectivity index (χ1) is 14.6. The van der Waals surface area contributed by atoms with Gasteiger partial charge in [0.15, 0.2) is 5.69 Å². The number of carbonyl (C=O) groups excluding carboxylic acids is 1. The summed E-state index contributed by atoms with van der Waals surface area (Å²) < 4.78 is 67.7. The van der Waals surface area contributed by atoms with E-state index < -0.39 is 21.9 Å². The van der Waals surface area contributed by atoms with Gasteiger partial charge in [-0.3, -0.25) is 9.48 Å². The number of aromatic nitrogens is 2. The van der Waals surface area contributed by atoms with Crippen molar-refractivity contribution in [3.63, 3.8) is 0 Å². The Balaban J connectivity index is 1.37. The standard InChI is InChI=1S/C18H20BrF3N4O3S2/c19-15-16(12-3-4-12)26(23-17(15)18(20,21)22)6-5-13(27)24-7-9-25(10-8-24)31(28,29)14-2-1-11-30-14/h1-2,11-12H,3-10H2. The minimum absolute atomic E-state index is 0.00279. The third-order valence-electron chi connectivity index (χ3n) is 5.38. The van der Waals surface area contributed by atoms with Gasteiger partial charge < -0.3 is 4.90 Å². The van der Waals surface area contributed by atoms with Gasteiger partial charge in [0.2, 0.25) is 5.91 Å². The number of piperazine rings is 1. The van der Waals surface area contributed by atoms with Crippen LogP contribution in [0.25, 0.3) is 0 Å². The fourth-order valence-corrected chi connectivity index (χ4v) is 7.03. The van der Waals surface area contributed by atoms with E-state index in [0.717, 1.165) is 24.2 Å². The van der Waals surface area contributed by atoms with Gasteiger partial charge >= 0.3 is 6.18 Å². The van der Waals surface area contributed by atoms with Crippen molar-refractivity contribution in [3.8, 4) is 0 Å². The molecule has 0 aromatic carbocycles. The van der Waals surface area contributed by atoms with Crippen LogP contribution in [0.3, 0.4) is 0 Å². The number of thiophene rings is 1. The van der Waals surface area contributed by atoms with E-state index in [9.17, 15) is 26.4 Å². The van der Waals surface area contributed by atoms with E-state index in [4.69, 9.17) is 0 Å². The Bertz CT molecular complexity index is 1060. The number of amides is 1. The average Bonchev–Trinajstić information content (AvgIpc) is 3.25. The maximum atomic E-state index is 13.2. The molecule has 0 atom stereocenters. The number of halogens is 4. The Morgan fingerprint density at radius 2 is 1.90 bits per heavy atom. The van der Waals surface area contributed by atoms with Crippen LogP contribution >= 0.6 is 27.3 Å². The third kappa shape index (κ3) is 4.69. The van der Waals surface area contributed by atoms with Gasteiger partial charge in [0, 0.05) is 38.5 Å². The maximum absolute atomic E-state index is 13.2. The Labute approximate surface area is 190 Å². The van der Waals surface area contributed by atoms with Crippen LogP contribution in [0.4, 0.5) is 13.2 Å². The Kier molecular flexibility index (Phi) is 6.23. The number of hydrogen-bond donors (Lipinski definition) is 0. The van der Waals surface area contributed by atoms with Crippen molar-refractivity contribution in [1.29, 1.82) is 0 Å². The Hall–Kier alpha value is -1.44. The molecule has 3 heterocycles. The molecule has 0 spiro atoms. The summed E-state index contributed by atoms with van der Waals surface area (Å²) in [4.78, 5) is 14.2. The van der Waals surface area contributed by atoms with Gasteiger partial charge in [-0.2, -0.15) is 22.6 Å². The summed E-state index contributed by atoms with van der Waals surface area (Å²) in [6.45, 7) is 0.910. The monoisotopic (exact) mass is 540 g/mol. The molecule has 1 aliphatic heterocycles. The first kappa shape index (κ1) is 22.7. The van der Waals surface area contributed by atoms with E-state index in [0.29, 0.717) is 5.69 Å². The normalized spacial score (nSPS) is 18.5. The topological polar surface area (TPSA) is 75.5 Å². The van der Waals surface area contributed by atoms with Crippen LogP contribution in [0, 0.1) is 0 Å². The molecule has 13 heteroatoms. The number of aryl methyl sites for hydroxylation is 1. The minimum Gasteiger partial charge on any atom is -0.340 e. The second-order valence-corrected chi connectivity index (χ2v) is 11.4. The van der Waals surface area contributed by atoms with Crippen LogP contribution in [-0.2, 0) is 27.5 Å². The van der Waals surface area contributed by atoms with E-state index in [2.05, 4.69) is 21.0 Å². The molecule has 1 saturated heterocycles. The highest BCUT2D eigenvalue weighted by Crippen LogP contribution is 2.47. The Morgan fingerprint density at radius 3 is 2.45 bits per heavy atom. The number of alkyl halides is 3. The molecule has 0 N–H and O–H groups in total. The van der Waals surface area contributed by atoms with Crippen LogP contribution in [0.1, 0.15) is 36.6 Å². The molecule has 2 aromatic heterocycles. The first-order valence-electron chi connectivity index (χ1n) is 9.74. The molecule has 4 rings (SSSR count). The zero-order chi connectivity index (χ0) is 22.4. The van der Waals surface area contributed by atoms with Crippen LogP contribution in [-0.4, -0.2) is 59.5 Å². The highest BCUT2D eigenvalue weighted by Gasteiger charge is 2.41. The lowest BCUT2D eigenvalue weighted by molar-refractivity contribution is -0.142. The van der Waals surface area contributed by atoms with E-state index in [1.54, 1.807) is 22.4 Å². The lowest BCUT2D eigenvalue weighted by Gasteiger charge is -2.33. The van der Waals surface area contributed by atoms with Crippen LogP contribution < -0.4 is 0 Å². The molecule has 170 valence electrons. The van der Waals surface area contributed by atoms with Gasteiger partial charge in [-0.25, -0.2) is 8.42 Å².